The number of pyridine rings is 2. The Bertz CT molecular complexity index is 1800. The van der Waals surface area contributed by atoms with Crippen LogP contribution in [0.15, 0.2) is 54.2 Å². The molecule has 5 N–H and O–H groups in total. The maximum Gasteiger partial charge on any atom is 0.271 e. The summed E-state index contributed by atoms with van der Waals surface area (Å²) in [5.41, 5.74) is 7.62. The summed E-state index contributed by atoms with van der Waals surface area (Å²) in [5.74, 6) is -1.54. The van der Waals surface area contributed by atoms with Gasteiger partial charge < -0.3 is 21.4 Å². The van der Waals surface area contributed by atoms with Crippen molar-refractivity contribution in [2.75, 3.05) is 11.1 Å². The zero-order valence-corrected chi connectivity index (χ0v) is 22.4. The van der Waals surface area contributed by atoms with Crippen LogP contribution in [0.5, 0.6) is 0 Å². The van der Waals surface area contributed by atoms with Crippen LogP contribution in [0, 0.1) is 23.0 Å². The minimum atomic E-state index is -0.662. The Morgan fingerprint density at radius 3 is 2.73 bits per heavy atom. The van der Waals surface area contributed by atoms with Gasteiger partial charge in [0.15, 0.2) is 16.8 Å². The molecule has 0 aliphatic heterocycles. The van der Waals surface area contributed by atoms with Gasteiger partial charge in [0, 0.05) is 40.2 Å². The zero-order valence-electron chi connectivity index (χ0n) is 21.6. The summed E-state index contributed by atoms with van der Waals surface area (Å²) in [6, 6.07) is 11.8. The molecular formula is C29H24F2N8OS. The third-order valence-electron chi connectivity index (χ3n) is 7.17. The molecule has 41 heavy (non-hydrogen) atoms. The molecule has 0 radical (unpaired) electrons. The van der Waals surface area contributed by atoms with Crippen LogP contribution >= 0.6 is 11.3 Å². The molecule has 0 saturated heterocycles. The minimum absolute atomic E-state index is 0.0270. The van der Waals surface area contributed by atoms with E-state index in [0.717, 1.165) is 25.5 Å². The lowest BCUT2D eigenvalue weighted by atomic mass is 9.90. The molecule has 12 heteroatoms. The van der Waals surface area contributed by atoms with Gasteiger partial charge in [-0.25, -0.2) is 23.7 Å². The number of nitrogen functional groups attached to an aromatic ring is 1. The fraction of sp³-hybridized carbons (Fsp3) is 0.207. The van der Waals surface area contributed by atoms with Gasteiger partial charge in [0.25, 0.3) is 5.91 Å². The summed E-state index contributed by atoms with van der Waals surface area (Å²) < 4.78 is 30.4. The van der Waals surface area contributed by atoms with Crippen LogP contribution in [0.25, 0.3) is 33.4 Å². The second kappa shape index (κ2) is 10.9. The predicted octanol–water partition coefficient (Wildman–Crippen LogP) is 5.63. The maximum absolute atomic E-state index is 16.2. The number of thiazole rings is 1. The molecule has 1 amide bonds. The smallest absolute Gasteiger partial charge is 0.271 e. The molecule has 206 valence electrons. The number of rotatable bonds is 6. The average Bonchev–Trinajstić information content (AvgIpc) is 3.60. The highest BCUT2D eigenvalue weighted by molar-refractivity contribution is 7.13. The zero-order chi connectivity index (χ0) is 28.5. The summed E-state index contributed by atoms with van der Waals surface area (Å²) in [6.07, 6.45) is 5.51. The van der Waals surface area contributed by atoms with Gasteiger partial charge in [-0.1, -0.05) is 30.3 Å². The van der Waals surface area contributed by atoms with Gasteiger partial charge in [-0.2, -0.15) is 5.26 Å². The lowest BCUT2D eigenvalue weighted by Crippen LogP contribution is -2.42. The van der Waals surface area contributed by atoms with E-state index in [2.05, 4.69) is 36.6 Å². The van der Waals surface area contributed by atoms with Crippen LogP contribution in [0.4, 0.5) is 19.7 Å². The first kappa shape index (κ1) is 26.3. The maximum atomic E-state index is 16.2. The Hall–Kier alpha value is -4.89. The molecule has 4 heterocycles. The number of aromatic amines is 1. The standard InChI is InChI=1S/C29H24F2N8OS/c30-16-9-19-21(13-35-26(19)34-12-16)25-20(11-32)23(15-5-2-1-3-6-15)24(31)27(39-25)36-17-7-4-8-18(10-17)37-28(40)22-14-41-29(33)38-22/h1-3,5-6,9,12-14,17-18H,4,7-8,10H2,(H2,33,38)(H,34,35)(H,36,39)(H,37,40)/t17-,18+/m1/s1. The van der Waals surface area contributed by atoms with Gasteiger partial charge in [-0.15, -0.1) is 11.3 Å². The minimum Gasteiger partial charge on any atom is -0.375 e. The van der Waals surface area contributed by atoms with Gasteiger partial charge in [0.1, 0.15) is 23.2 Å². The Kier molecular flexibility index (Phi) is 7.03. The predicted molar refractivity (Wildman–Crippen MR) is 153 cm³/mol. The lowest BCUT2D eigenvalue weighted by molar-refractivity contribution is 0.0922. The quantitative estimate of drug-likeness (QED) is 0.207. The van der Waals surface area contributed by atoms with Crippen LogP contribution in [0.3, 0.4) is 0 Å². The molecule has 1 saturated carbocycles. The first-order chi connectivity index (χ1) is 19.9. The summed E-state index contributed by atoms with van der Waals surface area (Å²) in [4.78, 5) is 28.3. The van der Waals surface area contributed by atoms with Gasteiger partial charge in [0.2, 0.25) is 0 Å². The van der Waals surface area contributed by atoms with E-state index in [0.29, 0.717) is 33.7 Å². The van der Waals surface area contributed by atoms with E-state index in [-0.39, 0.29) is 46.3 Å². The van der Waals surface area contributed by atoms with Crippen LogP contribution in [0.1, 0.15) is 41.7 Å². The Balaban J connectivity index is 1.38. The van der Waals surface area contributed by atoms with E-state index < -0.39 is 11.6 Å². The van der Waals surface area contributed by atoms with Crippen molar-refractivity contribution >= 4 is 39.2 Å². The van der Waals surface area contributed by atoms with E-state index in [4.69, 9.17) is 5.73 Å². The van der Waals surface area contributed by atoms with Gasteiger partial charge in [0.05, 0.1) is 17.5 Å². The summed E-state index contributed by atoms with van der Waals surface area (Å²) in [6.45, 7) is 0. The molecule has 1 aliphatic carbocycles. The fourth-order valence-electron chi connectivity index (χ4n) is 5.31. The van der Waals surface area contributed by atoms with Crippen molar-refractivity contribution < 1.29 is 13.6 Å². The molecule has 0 bridgehead atoms. The van der Waals surface area contributed by atoms with E-state index in [1.807, 2.05) is 0 Å². The van der Waals surface area contributed by atoms with Crippen molar-refractivity contribution in [3.63, 3.8) is 0 Å². The number of hydrogen-bond donors (Lipinski definition) is 4. The largest absolute Gasteiger partial charge is 0.375 e. The number of nitrogens with zero attached hydrogens (tertiary/aromatic N) is 4. The number of anilines is 2. The second-order valence-corrected chi connectivity index (χ2v) is 10.7. The van der Waals surface area contributed by atoms with Gasteiger partial charge >= 0.3 is 0 Å². The summed E-state index contributed by atoms with van der Waals surface area (Å²) in [5, 5.41) is 18.8. The van der Waals surface area contributed by atoms with Crippen LogP contribution in [0.2, 0.25) is 0 Å². The highest BCUT2D eigenvalue weighted by atomic mass is 32.1. The normalized spacial score (nSPS) is 16.8. The number of carbonyl (C=O) groups excluding carboxylic acids is 1. The molecule has 6 rings (SSSR count). The van der Waals surface area contributed by atoms with Crippen molar-refractivity contribution in [3.05, 3.63) is 77.1 Å². The SMILES string of the molecule is N#Cc1c(-c2c[nH]c3ncc(F)cc23)nc(N[C@@H]2CCC[C@H](NC(=O)c3csc(N)n3)C2)c(F)c1-c1ccccc1. The monoisotopic (exact) mass is 570 g/mol. The number of nitriles is 1. The van der Waals surface area contributed by atoms with E-state index in [9.17, 15) is 14.4 Å². The van der Waals surface area contributed by atoms with Crippen molar-refractivity contribution in [2.45, 2.75) is 37.8 Å². The number of amides is 1. The fourth-order valence-corrected chi connectivity index (χ4v) is 5.85. The number of aromatic nitrogens is 4. The molecule has 1 aromatic carbocycles. The molecular weight excluding hydrogens is 546 g/mol. The Morgan fingerprint density at radius 1 is 1.17 bits per heavy atom. The highest BCUT2D eigenvalue weighted by Gasteiger charge is 2.28. The van der Waals surface area contributed by atoms with Crippen molar-refractivity contribution in [2.24, 2.45) is 0 Å². The van der Waals surface area contributed by atoms with Gasteiger partial charge in [-0.3, -0.25) is 4.79 Å². The molecule has 9 nitrogen and oxygen atoms in total. The molecule has 5 aromatic rings. The number of carbonyl (C=O) groups is 1. The van der Waals surface area contributed by atoms with E-state index in [1.54, 1.807) is 41.9 Å². The molecule has 0 spiro atoms. The van der Waals surface area contributed by atoms with Crippen molar-refractivity contribution in [3.8, 4) is 28.5 Å². The molecule has 0 unspecified atom stereocenters. The van der Waals surface area contributed by atoms with Crippen LogP contribution in [-0.2, 0) is 0 Å². The van der Waals surface area contributed by atoms with Gasteiger partial charge in [-0.05, 0) is 37.3 Å². The summed E-state index contributed by atoms with van der Waals surface area (Å²) in [7, 11) is 0. The third kappa shape index (κ3) is 5.19. The van der Waals surface area contributed by atoms with Crippen molar-refractivity contribution in [1.82, 2.24) is 25.3 Å². The average molecular weight is 571 g/mol. The molecule has 1 aliphatic rings. The highest BCUT2D eigenvalue weighted by Crippen LogP contribution is 2.39. The lowest BCUT2D eigenvalue weighted by Gasteiger charge is -2.31. The number of nitrogens with two attached hydrogens (primary N) is 1. The molecule has 1 fully saturated rings. The van der Waals surface area contributed by atoms with Crippen LogP contribution in [-0.4, -0.2) is 37.9 Å². The Labute approximate surface area is 237 Å². The van der Waals surface area contributed by atoms with Crippen LogP contribution < -0.4 is 16.4 Å². The number of fused-ring (bicyclic) bond motifs is 1. The number of halogens is 2. The molecule has 2 atom stereocenters. The number of hydrogen-bond acceptors (Lipinski definition) is 8. The first-order valence-corrected chi connectivity index (χ1v) is 13.9. The number of H-pyrrole nitrogens is 1. The summed E-state index contributed by atoms with van der Waals surface area (Å²) >= 11 is 1.20. The number of benzene rings is 1. The second-order valence-electron chi connectivity index (χ2n) is 9.85. The Morgan fingerprint density at radius 2 is 1.98 bits per heavy atom. The van der Waals surface area contributed by atoms with Crippen molar-refractivity contribution in [1.29, 1.82) is 5.26 Å². The number of nitrogens with one attached hydrogen (secondary N) is 3. The first-order valence-electron chi connectivity index (χ1n) is 13.0. The topological polar surface area (TPSA) is 145 Å². The van der Waals surface area contributed by atoms with E-state index >= 15 is 4.39 Å². The van der Waals surface area contributed by atoms with E-state index in [1.165, 1.54) is 17.4 Å². The third-order valence-corrected chi connectivity index (χ3v) is 7.84. The molecule has 4 aromatic heterocycles.